The zero-order valence-corrected chi connectivity index (χ0v) is 14.8. The van der Waals surface area contributed by atoms with Crippen LogP contribution in [0.15, 0.2) is 91.5 Å². The highest BCUT2D eigenvalue weighted by Crippen LogP contribution is 2.37. The number of nitrogens with one attached hydrogen (secondary N) is 1. The standard InChI is InChI=1S/C23H23NO2/c1-3-20(17-9-5-4-6-10-17)23(18-13-15-19(26-2)16-14-18)24-21-11-7-8-12-22(21)25/h3-16,20,23-25H,1H2,2H3/t20-,23+/m1/s1. The molecule has 0 aromatic heterocycles. The van der Waals surface area contributed by atoms with Crippen molar-refractivity contribution < 1.29 is 9.84 Å². The number of hydrogen-bond donors (Lipinski definition) is 2. The summed E-state index contributed by atoms with van der Waals surface area (Å²) in [6, 6.07) is 25.4. The fourth-order valence-electron chi connectivity index (χ4n) is 3.09. The summed E-state index contributed by atoms with van der Waals surface area (Å²) in [5.74, 6) is 1.07. The van der Waals surface area contributed by atoms with Crippen LogP contribution in [-0.4, -0.2) is 12.2 Å². The molecule has 2 atom stereocenters. The summed E-state index contributed by atoms with van der Waals surface area (Å²) in [5, 5.41) is 13.7. The van der Waals surface area contributed by atoms with Crippen molar-refractivity contribution in [2.45, 2.75) is 12.0 Å². The second-order valence-electron chi connectivity index (χ2n) is 6.08. The topological polar surface area (TPSA) is 41.5 Å². The third-order valence-electron chi connectivity index (χ3n) is 4.49. The Morgan fingerprint density at radius 2 is 1.54 bits per heavy atom. The minimum atomic E-state index is -0.0888. The molecular weight excluding hydrogens is 322 g/mol. The van der Waals surface area contributed by atoms with Gasteiger partial charge in [-0.05, 0) is 35.4 Å². The van der Waals surface area contributed by atoms with Crippen LogP contribution in [0.5, 0.6) is 11.5 Å². The predicted molar refractivity (Wildman–Crippen MR) is 107 cm³/mol. The zero-order chi connectivity index (χ0) is 18.4. The van der Waals surface area contributed by atoms with Crippen LogP contribution in [0.1, 0.15) is 23.1 Å². The number of rotatable bonds is 7. The summed E-state index contributed by atoms with van der Waals surface area (Å²) in [7, 11) is 1.66. The number of ether oxygens (including phenoxy) is 1. The smallest absolute Gasteiger partial charge is 0.138 e. The first-order valence-electron chi connectivity index (χ1n) is 8.59. The summed E-state index contributed by atoms with van der Waals surface area (Å²) in [6.07, 6.45) is 1.94. The van der Waals surface area contributed by atoms with Gasteiger partial charge < -0.3 is 15.2 Å². The molecule has 0 heterocycles. The normalized spacial score (nSPS) is 12.8. The van der Waals surface area contributed by atoms with Gasteiger partial charge in [0.2, 0.25) is 0 Å². The van der Waals surface area contributed by atoms with Gasteiger partial charge in [-0.2, -0.15) is 0 Å². The number of benzene rings is 3. The molecule has 3 aromatic carbocycles. The van der Waals surface area contributed by atoms with Crippen molar-refractivity contribution in [2.75, 3.05) is 12.4 Å². The highest BCUT2D eigenvalue weighted by molar-refractivity contribution is 5.57. The van der Waals surface area contributed by atoms with Gasteiger partial charge in [0, 0.05) is 5.92 Å². The van der Waals surface area contributed by atoms with Gasteiger partial charge in [0.1, 0.15) is 11.5 Å². The van der Waals surface area contributed by atoms with Crippen molar-refractivity contribution in [1.82, 2.24) is 0 Å². The van der Waals surface area contributed by atoms with Gasteiger partial charge in [0.25, 0.3) is 0 Å². The molecule has 2 N–H and O–H groups in total. The Kier molecular flexibility index (Phi) is 5.59. The van der Waals surface area contributed by atoms with Gasteiger partial charge in [0.05, 0.1) is 18.8 Å². The first kappa shape index (κ1) is 17.6. The lowest BCUT2D eigenvalue weighted by Gasteiger charge is -2.28. The van der Waals surface area contributed by atoms with Gasteiger partial charge in [-0.1, -0.05) is 60.7 Å². The maximum Gasteiger partial charge on any atom is 0.138 e. The van der Waals surface area contributed by atoms with E-state index in [9.17, 15) is 5.11 Å². The monoisotopic (exact) mass is 345 g/mol. The molecule has 0 aliphatic heterocycles. The minimum absolute atomic E-state index is 0.0317. The maximum atomic E-state index is 10.2. The molecule has 0 aliphatic rings. The molecule has 0 saturated carbocycles. The average molecular weight is 345 g/mol. The highest BCUT2D eigenvalue weighted by atomic mass is 16.5. The molecular formula is C23H23NO2. The van der Waals surface area contributed by atoms with E-state index in [0.29, 0.717) is 5.69 Å². The van der Waals surface area contributed by atoms with Gasteiger partial charge in [-0.25, -0.2) is 0 Å². The van der Waals surface area contributed by atoms with E-state index in [1.807, 2.05) is 66.7 Å². The van der Waals surface area contributed by atoms with Crippen molar-refractivity contribution in [1.29, 1.82) is 0 Å². The molecule has 3 aromatic rings. The first-order chi connectivity index (χ1) is 12.7. The summed E-state index contributed by atoms with van der Waals surface area (Å²) < 4.78 is 5.28. The van der Waals surface area contributed by atoms with E-state index >= 15 is 0 Å². The third-order valence-corrected chi connectivity index (χ3v) is 4.49. The van der Waals surface area contributed by atoms with Gasteiger partial charge in [0.15, 0.2) is 0 Å². The van der Waals surface area contributed by atoms with Gasteiger partial charge in [-0.3, -0.25) is 0 Å². The molecule has 0 amide bonds. The Morgan fingerprint density at radius 3 is 2.15 bits per heavy atom. The van der Waals surface area contributed by atoms with Crippen molar-refractivity contribution in [2.24, 2.45) is 0 Å². The van der Waals surface area contributed by atoms with Crippen molar-refractivity contribution in [3.05, 3.63) is 103 Å². The first-order valence-corrected chi connectivity index (χ1v) is 8.59. The van der Waals surface area contributed by atoms with E-state index in [2.05, 4.69) is 24.0 Å². The fourth-order valence-corrected chi connectivity index (χ4v) is 3.09. The minimum Gasteiger partial charge on any atom is -0.506 e. The SMILES string of the molecule is C=C[C@H](c1ccccc1)[C@@H](Nc1ccccc1O)c1ccc(OC)cc1. The quantitative estimate of drug-likeness (QED) is 0.437. The van der Waals surface area contributed by atoms with E-state index in [-0.39, 0.29) is 17.7 Å². The number of phenols is 1. The summed E-state index contributed by atoms with van der Waals surface area (Å²) in [5.41, 5.74) is 2.94. The molecule has 0 bridgehead atoms. The molecule has 132 valence electrons. The molecule has 26 heavy (non-hydrogen) atoms. The second kappa shape index (κ2) is 8.26. The molecule has 0 fully saturated rings. The molecule has 0 spiro atoms. The van der Waals surface area contributed by atoms with Crippen LogP contribution < -0.4 is 10.1 Å². The number of hydrogen-bond acceptors (Lipinski definition) is 3. The summed E-state index contributed by atoms with van der Waals surface area (Å²) in [6.45, 7) is 4.05. The average Bonchev–Trinajstić information content (AvgIpc) is 2.70. The largest absolute Gasteiger partial charge is 0.506 e. The predicted octanol–water partition coefficient (Wildman–Crippen LogP) is 5.52. The molecule has 3 heteroatoms. The zero-order valence-electron chi connectivity index (χ0n) is 14.8. The van der Waals surface area contributed by atoms with E-state index in [1.165, 1.54) is 0 Å². The lowest BCUT2D eigenvalue weighted by molar-refractivity contribution is 0.414. The van der Waals surface area contributed by atoms with Gasteiger partial charge >= 0.3 is 0 Å². The lowest BCUT2D eigenvalue weighted by atomic mass is 9.86. The van der Waals surface area contributed by atoms with Crippen LogP contribution in [0.4, 0.5) is 5.69 Å². The molecule has 0 saturated heterocycles. The molecule has 0 aliphatic carbocycles. The summed E-state index contributed by atoms with van der Waals surface area (Å²) in [4.78, 5) is 0. The van der Waals surface area contributed by atoms with E-state index in [1.54, 1.807) is 13.2 Å². The Bertz CT molecular complexity index is 844. The Morgan fingerprint density at radius 1 is 0.885 bits per heavy atom. The van der Waals surface area contributed by atoms with Crippen molar-refractivity contribution in [3.63, 3.8) is 0 Å². The maximum absolute atomic E-state index is 10.2. The number of anilines is 1. The van der Waals surface area contributed by atoms with Crippen LogP contribution in [0.3, 0.4) is 0 Å². The Hall–Kier alpha value is -3.20. The third kappa shape index (κ3) is 3.89. The van der Waals surface area contributed by atoms with Crippen molar-refractivity contribution >= 4 is 5.69 Å². The van der Waals surface area contributed by atoms with Crippen LogP contribution in [0.25, 0.3) is 0 Å². The fraction of sp³-hybridized carbons (Fsp3) is 0.130. The van der Waals surface area contributed by atoms with Crippen LogP contribution in [-0.2, 0) is 0 Å². The van der Waals surface area contributed by atoms with Gasteiger partial charge in [-0.15, -0.1) is 6.58 Å². The molecule has 3 nitrogen and oxygen atoms in total. The molecule has 3 rings (SSSR count). The lowest BCUT2D eigenvalue weighted by Crippen LogP contribution is -2.18. The van der Waals surface area contributed by atoms with Crippen LogP contribution in [0.2, 0.25) is 0 Å². The molecule has 0 unspecified atom stereocenters. The second-order valence-corrected chi connectivity index (χ2v) is 6.08. The van der Waals surface area contributed by atoms with E-state index in [4.69, 9.17) is 4.74 Å². The van der Waals surface area contributed by atoms with Crippen molar-refractivity contribution in [3.8, 4) is 11.5 Å². The van der Waals surface area contributed by atoms with E-state index in [0.717, 1.165) is 16.9 Å². The summed E-state index contributed by atoms with van der Waals surface area (Å²) >= 11 is 0. The Balaban J connectivity index is 2.02. The number of aromatic hydroxyl groups is 1. The van der Waals surface area contributed by atoms with E-state index < -0.39 is 0 Å². The molecule has 0 radical (unpaired) electrons. The Labute approximate surface area is 154 Å². The highest BCUT2D eigenvalue weighted by Gasteiger charge is 2.23. The number of para-hydroxylation sites is 2. The number of phenolic OH excluding ortho intramolecular Hbond substituents is 1. The van der Waals surface area contributed by atoms with Crippen LogP contribution >= 0.6 is 0 Å². The van der Waals surface area contributed by atoms with Crippen LogP contribution in [0, 0.1) is 0 Å². The number of methoxy groups -OCH3 is 1.